The van der Waals surface area contributed by atoms with Gasteiger partial charge in [-0.1, -0.05) is 19.1 Å². The Hall–Kier alpha value is -1.59. The molecule has 0 bridgehead atoms. The smallest absolute Gasteiger partial charge is 0.323 e. The minimum atomic E-state index is -0.829. The van der Waals surface area contributed by atoms with E-state index in [2.05, 4.69) is 6.92 Å². The number of benzene rings is 1. The van der Waals surface area contributed by atoms with Gasteiger partial charge < -0.3 is 14.6 Å². The van der Waals surface area contributed by atoms with Gasteiger partial charge in [0.2, 0.25) is 0 Å². The molecule has 1 aliphatic rings. The van der Waals surface area contributed by atoms with Gasteiger partial charge >= 0.3 is 5.97 Å². The lowest BCUT2D eigenvalue weighted by molar-refractivity contribution is -0.151. The van der Waals surface area contributed by atoms with Crippen molar-refractivity contribution < 1.29 is 19.4 Å². The summed E-state index contributed by atoms with van der Waals surface area (Å²) in [5.74, 6) is 0.0222. The second-order valence-corrected chi connectivity index (χ2v) is 5.26. The van der Waals surface area contributed by atoms with Gasteiger partial charge in [0.25, 0.3) is 0 Å². The summed E-state index contributed by atoms with van der Waals surface area (Å²) in [7, 11) is 0. The number of carbonyl (C=O) groups is 1. The molecule has 1 aromatic carbocycles. The average molecular weight is 293 g/mol. The van der Waals surface area contributed by atoms with Crippen LogP contribution < -0.4 is 4.74 Å². The SMILES string of the molecule is CCCOc1ccc(C(C)N2CCOCC2C(=O)O)cc1. The monoisotopic (exact) mass is 293 g/mol. The van der Waals surface area contributed by atoms with Gasteiger partial charge in [-0.2, -0.15) is 0 Å². The van der Waals surface area contributed by atoms with Crippen LogP contribution in [0.5, 0.6) is 5.75 Å². The molecular weight excluding hydrogens is 270 g/mol. The zero-order valence-corrected chi connectivity index (χ0v) is 12.6. The topological polar surface area (TPSA) is 59.0 Å². The van der Waals surface area contributed by atoms with Crippen molar-refractivity contribution in [2.75, 3.05) is 26.4 Å². The van der Waals surface area contributed by atoms with E-state index in [-0.39, 0.29) is 12.6 Å². The Balaban J connectivity index is 2.07. The van der Waals surface area contributed by atoms with Crippen LogP contribution in [0.3, 0.4) is 0 Å². The summed E-state index contributed by atoms with van der Waals surface area (Å²) in [5.41, 5.74) is 1.09. The molecule has 1 fully saturated rings. The van der Waals surface area contributed by atoms with Gasteiger partial charge in [-0.25, -0.2) is 0 Å². The molecule has 2 atom stereocenters. The van der Waals surface area contributed by atoms with E-state index in [1.54, 1.807) is 0 Å². The fourth-order valence-electron chi connectivity index (χ4n) is 2.55. The summed E-state index contributed by atoms with van der Waals surface area (Å²) in [4.78, 5) is 13.3. The van der Waals surface area contributed by atoms with Crippen LogP contribution in [0.2, 0.25) is 0 Å². The summed E-state index contributed by atoms with van der Waals surface area (Å²) in [6.45, 7) is 6.26. The van der Waals surface area contributed by atoms with Crippen LogP contribution in [0.25, 0.3) is 0 Å². The summed E-state index contributed by atoms with van der Waals surface area (Å²) in [5, 5.41) is 9.30. The van der Waals surface area contributed by atoms with Gasteiger partial charge in [-0.15, -0.1) is 0 Å². The quantitative estimate of drug-likeness (QED) is 0.872. The highest BCUT2D eigenvalue weighted by Gasteiger charge is 2.32. The van der Waals surface area contributed by atoms with Crippen molar-refractivity contribution in [1.29, 1.82) is 0 Å². The van der Waals surface area contributed by atoms with E-state index in [0.29, 0.717) is 19.8 Å². The molecular formula is C16H23NO4. The number of nitrogens with zero attached hydrogens (tertiary/aromatic N) is 1. The first-order valence-corrected chi connectivity index (χ1v) is 7.42. The molecule has 1 aliphatic heterocycles. The summed E-state index contributed by atoms with van der Waals surface area (Å²) < 4.78 is 10.8. The van der Waals surface area contributed by atoms with Gasteiger partial charge in [0, 0.05) is 12.6 Å². The normalized spacial score (nSPS) is 21.0. The molecule has 0 radical (unpaired) electrons. The molecule has 2 rings (SSSR count). The molecule has 1 heterocycles. The first kappa shape index (κ1) is 15.8. The fourth-order valence-corrected chi connectivity index (χ4v) is 2.55. The number of hydrogen-bond acceptors (Lipinski definition) is 4. The van der Waals surface area contributed by atoms with Gasteiger partial charge in [-0.3, -0.25) is 9.69 Å². The van der Waals surface area contributed by atoms with E-state index in [0.717, 1.165) is 17.7 Å². The van der Waals surface area contributed by atoms with Crippen molar-refractivity contribution in [2.45, 2.75) is 32.4 Å². The Bertz CT molecular complexity index is 460. The second kappa shape index (κ2) is 7.43. The van der Waals surface area contributed by atoms with Gasteiger partial charge in [-0.05, 0) is 31.0 Å². The Labute approximate surface area is 125 Å². The predicted octanol–water partition coefficient (Wildman–Crippen LogP) is 2.32. The van der Waals surface area contributed by atoms with Gasteiger partial charge in [0.1, 0.15) is 11.8 Å². The van der Waals surface area contributed by atoms with Crippen LogP contribution in [-0.4, -0.2) is 48.4 Å². The maximum Gasteiger partial charge on any atom is 0.323 e. The van der Waals surface area contributed by atoms with Crippen molar-refractivity contribution >= 4 is 5.97 Å². The Morgan fingerprint density at radius 3 is 2.81 bits per heavy atom. The molecule has 0 spiro atoms. The number of carboxylic acid groups (broad SMARTS) is 1. The standard InChI is InChI=1S/C16H23NO4/c1-3-9-21-14-6-4-13(5-7-14)12(2)17-8-10-20-11-15(17)16(18)19/h4-7,12,15H,3,8-11H2,1-2H3,(H,18,19). The van der Waals surface area contributed by atoms with E-state index in [1.165, 1.54) is 0 Å². The van der Waals surface area contributed by atoms with E-state index < -0.39 is 12.0 Å². The molecule has 0 aromatic heterocycles. The summed E-state index contributed by atoms with van der Waals surface area (Å²) in [6.07, 6.45) is 0.978. The van der Waals surface area contributed by atoms with E-state index in [1.807, 2.05) is 36.1 Å². The zero-order valence-electron chi connectivity index (χ0n) is 12.6. The summed E-state index contributed by atoms with van der Waals surface area (Å²) >= 11 is 0. The van der Waals surface area contributed by atoms with Crippen molar-refractivity contribution in [3.05, 3.63) is 29.8 Å². The lowest BCUT2D eigenvalue weighted by Gasteiger charge is -2.37. The lowest BCUT2D eigenvalue weighted by atomic mass is 10.0. The molecule has 116 valence electrons. The molecule has 1 N–H and O–H groups in total. The second-order valence-electron chi connectivity index (χ2n) is 5.26. The largest absolute Gasteiger partial charge is 0.494 e. The molecule has 0 aliphatic carbocycles. The highest BCUT2D eigenvalue weighted by Crippen LogP contribution is 2.26. The predicted molar refractivity (Wildman–Crippen MR) is 79.6 cm³/mol. The third-order valence-electron chi connectivity index (χ3n) is 3.79. The van der Waals surface area contributed by atoms with Crippen molar-refractivity contribution in [3.8, 4) is 5.75 Å². The minimum absolute atomic E-state index is 0.0372. The minimum Gasteiger partial charge on any atom is -0.494 e. The molecule has 1 saturated heterocycles. The summed E-state index contributed by atoms with van der Waals surface area (Å²) in [6, 6.07) is 7.35. The number of ether oxygens (including phenoxy) is 2. The first-order valence-electron chi connectivity index (χ1n) is 7.42. The van der Waals surface area contributed by atoms with Crippen molar-refractivity contribution in [3.63, 3.8) is 0 Å². The Kier molecular flexibility index (Phi) is 5.59. The maximum absolute atomic E-state index is 11.3. The molecule has 1 aromatic rings. The molecule has 0 amide bonds. The van der Waals surface area contributed by atoms with Crippen LogP contribution in [0.15, 0.2) is 24.3 Å². The number of morpholine rings is 1. The number of rotatable bonds is 6. The van der Waals surface area contributed by atoms with E-state index >= 15 is 0 Å². The Morgan fingerprint density at radius 2 is 2.19 bits per heavy atom. The molecule has 2 unspecified atom stereocenters. The van der Waals surface area contributed by atoms with Crippen LogP contribution in [0.4, 0.5) is 0 Å². The fraction of sp³-hybridized carbons (Fsp3) is 0.562. The highest BCUT2D eigenvalue weighted by atomic mass is 16.5. The van der Waals surface area contributed by atoms with Gasteiger partial charge in [0.05, 0.1) is 19.8 Å². The number of carboxylic acids is 1. The van der Waals surface area contributed by atoms with Crippen molar-refractivity contribution in [1.82, 2.24) is 4.90 Å². The molecule has 21 heavy (non-hydrogen) atoms. The maximum atomic E-state index is 11.3. The van der Waals surface area contributed by atoms with E-state index in [9.17, 15) is 9.90 Å². The lowest BCUT2D eigenvalue weighted by Crippen LogP contribution is -2.50. The molecule has 0 saturated carbocycles. The van der Waals surface area contributed by atoms with Crippen LogP contribution in [-0.2, 0) is 9.53 Å². The van der Waals surface area contributed by atoms with Crippen molar-refractivity contribution in [2.24, 2.45) is 0 Å². The van der Waals surface area contributed by atoms with Crippen LogP contribution >= 0.6 is 0 Å². The van der Waals surface area contributed by atoms with Gasteiger partial charge in [0.15, 0.2) is 0 Å². The van der Waals surface area contributed by atoms with Crippen LogP contribution in [0, 0.1) is 0 Å². The third-order valence-corrected chi connectivity index (χ3v) is 3.79. The zero-order chi connectivity index (χ0) is 15.2. The first-order chi connectivity index (χ1) is 10.1. The average Bonchev–Trinajstić information content (AvgIpc) is 2.52. The number of aliphatic carboxylic acids is 1. The van der Waals surface area contributed by atoms with E-state index in [4.69, 9.17) is 9.47 Å². The molecule has 5 nitrogen and oxygen atoms in total. The third kappa shape index (κ3) is 3.95. The Morgan fingerprint density at radius 1 is 1.48 bits per heavy atom. The number of hydrogen-bond donors (Lipinski definition) is 1. The van der Waals surface area contributed by atoms with Crippen LogP contribution in [0.1, 0.15) is 31.9 Å². The molecule has 5 heteroatoms. The highest BCUT2D eigenvalue weighted by molar-refractivity contribution is 5.73.